The van der Waals surface area contributed by atoms with Gasteiger partial charge >= 0.3 is 0 Å². The van der Waals surface area contributed by atoms with Crippen molar-refractivity contribution >= 4 is 31.9 Å². The topological polar surface area (TPSA) is 9.23 Å². The molecule has 0 spiro atoms. The first-order valence-corrected chi connectivity index (χ1v) is 6.00. The van der Waals surface area contributed by atoms with Gasteiger partial charge in [0.2, 0.25) is 0 Å². The molecule has 0 saturated heterocycles. The van der Waals surface area contributed by atoms with Crippen molar-refractivity contribution in [2.75, 3.05) is 6.61 Å². The molecule has 1 aromatic carbocycles. The van der Waals surface area contributed by atoms with E-state index in [1.54, 1.807) is 0 Å². The van der Waals surface area contributed by atoms with E-state index in [9.17, 15) is 0 Å². The lowest BCUT2D eigenvalue weighted by atomic mass is 10.2. The van der Waals surface area contributed by atoms with Crippen molar-refractivity contribution in [3.05, 3.63) is 29.8 Å². The minimum Gasteiger partial charge on any atom is -0.493 e. The Hall–Kier alpha value is -0.0200. The Morgan fingerprint density at radius 2 is 2.00 bits per heavy atom. The highest BCUT2D eigenvalue weighted by molar-refractivity contribution is 9.24. The Balaban J connectivity index is 2.41. The van der Waals surface area contributed by atoms with Gasteiger partial charge in [0.1, 0.15) is 5.75 Å². The van der Waals surface area contributed by atoms with Crippen LogP contribution in [0.4, 0.5) is 0 Å². The van der Waals surface area contributed by atoms with Gasteiger partial charge in [0.05, 0.1) is 10.3 Å². The standard InChI is InChI=1S/C10H12Br2O/c1-8-4-2-3-5-9(8)13-7-6-10(11)12/h2-5,10H,6-7H2,1H3. The van der Waals surface area contributed by atoms with Crippen molar-refractivity contribution in [3.63, 3.8) is 0 Å². The maximum atomic E-state index is 5.59. The third kappa shape index (κ3) is 4.14. The lowest BCUT2D eigenvalue weighted by molar-refractivity contribution is 0.315. The first-order valence-electron chi connectivity index (χ1n) is 4.16. The van der Waals surface area contributed by atoms with E-state index in [0.29, 0.717) is 3.74 Å². The molecule has 0 heterocycles. The van der Waals surface area contributed by atoms with Crippen LogP contribution < -0.4 is 4.74 Å². The Labute approximate surface area is 95.7 Å². The number of halogens is 2. The summed E-state index contributed by atoms with van der Waals surface area (Å²) < 4.78 is 5.92. The number of hydrogen-bond acceptors (Lipinski definition) is 1. The van der Waals surface area contributed by atoms with E-state index in [1.165, 1.54) is 5.56 Å². The minimum absolute atomic E-state index is 0.337. The Morgan fingerprint density at radius 3 is 2.62 bits per heavy atom. The lowest BCUT2D eigenvalue weighted by Gasteiger charge is -2.08. The fourth-order valence-electron chi connectivity index (χ4n) is 0.976. The highest BCUT2D eigenvalue weighted by atomic mass is 79.9. The monoisotopic (exact) mass is 306 g/mol. The molecule has 0 saturated carbocycles. The van der Waals surface area contributed by atoms with Crippen molar-refractivity contribution in [1.82, 2.24) is 0 Å². The van der Waals surface area contributed by atoms with Crippen LogP contribution in [0.2, 0.25) is 0 Å². The SMILES string of the molecule is Cc1ccccc1OCCC(Br)Br. The quantitative estimate of drug-likeness (QED) is 0.767. The minimum atomic E-state index is 0.337. The third-order valence-corrected chi connectivity index (χ3v) is 2.60. The molecule has 1 rings (SSSR count). The van der Waals surface area contributed by atoms with E-state index < -0.39 is 0 Å². The van der Waals surface area contributed by atoms with Crippen LogP contribution in [0.1, 0.15) is 12.0 Å². The summed E-state index contributed by atoms with van der Waals surface area (Å²) in [7, 11) is 0. The van der Waals surface area contributed by atoms with Gasteiger partial charge in [-0.1, -0.05) is 50.1 Å². The van der Waals surface area contributed by atoms with Gasteiger partial charge in [-0.15, -0.1) is 0 Å². The Kier molecular flexibility index (Phi) is 4.81. The van der Waals surface area contributed by atoms with Crippen LogP contribution in [-0.4, -0.2) is 10.3 Å². The maximum Gasteiger partial charge on any atom is 0.122 e. The van der Waals surface area contributed by atoms with Crippen LogP contribution in [0.15, 0.2) is 24.3 Å². The summed E-state index contributed by atoms with van der Waals surface area (Å²) in [6, 6.07) is 8.05. The zero-order valence-electron chi connectivity index (χ0n) is 7.47. The van der Waals surface area contributed by atoms with Crippen LogP contribution in [0.5, 0.6) is 5.75 Å². The molecule has 72 valence electrons. The van der Waals surface area contributed by atoms with Crippen molar-refractivity contribution in [2.45, 2.75) is 17.1 Å². The third-order valence-electron chi connectivity index (χ3n) is 1.69. The average Bonchev–Trinajstić information content (AvgIpc) is 2.08. The first kappa shape index (κ1) is 11.1. The maximum absolute atomic E-state index is 5.59. The van der Waals surface area contributed by atoms with Crippen molar-refractivity contribution in [3.8, 4) is 5.75 Å². The number of rotatable bonds is 4. The van der Waals surface area contributed by atoms with Crippen LogP contribution in [0.25, 0.3) is 0 Å². The van der Waals surface area contributed by atoms with Crippen molar-refractivity contribution in [1.29, 1.82) is 0 Å². The van der Waals surface area contributed by atoms with Gasteiger partial charge in [-0.3, -0.25) is 0 Å². The van der Waals surface area contributed by atoms with Gasteiger partial charge in [0, 0.05) is 6.42 Å². The fraction of sp³-hybridized carbons (Fsp3) is 0.400. The van der Waals surface area contributed by atoms with E-state index in [1.807, 2.05) is 18.2 Å². The van der Waals surface area contributed by atoms with Gasteiger partial charge in [-0.2, -0.15) is 0 Å². The second-order valence-corrected chi connectivity index (χ2v) is 6.23. The number of alkyl halides is 2. The predicted molar refractivity (Wildman–Crippen MR) is 62.9 cm³/mol. The van der Waals surface area contributed by atoms with Crippen LogP contribution in [0.3, 0.4) is 0 Å². The predicted octanol–water partition coefficient (Wildman–Crippen LogP) is 3.88. The molecule has 0 aromatic heterocycles. The molecule has 0 bridgehead atoms. The van der Waals surface area contributed by atoms with Crippen molar-refractivity contribution < 1.29 is 4.74 Å². The summed E-state index contributed by atoms with van der Waals surface area (Å²) in [5.74, 6) is 0.975. The Morgan fingerprint density at radius 1 is 1.31 bits per heavy atom. The van der Waals surface area contributed by atoms with E-state index in [4.69, 9.17) is 4.74 Å². The molecule has 0 amide bonds. The molecular weight excluding hydrogens is 296 g/mol. The van der Waals surface area contributed by atoms with Gasteiger partial charge in [-0.25, -0.2) is 0 Å². The first-order chi connectivity index (χ1) is 6.20. The second kappa shape index (κ2) is 5.66. The zero-order valence-corrected chi connectivity index (χ0v) is 10.6. The molecule has 13 heavy (non-hydrogen) atoms. The molecule has 0 radical (unpaired) electrons. The summed E-state index contributed by atoms with van der Waals surface area (Å²) in [4.78, 5) is 0. The van der Waals surface area contributed by atoms with Gasteiger partial charge in [0.15, 0.2) is 0 Å². The van der Waals surface area contributed by atoms with Gasteiger partial charge in [-0.05, 0) is 18.6 Å². The van der Waals surface area contributed by atoms with E-state index in [-0.39, 0.29) is 0 Å². The molecule has 0 atom stereocenters. The molecule has 3 heteroatoms. The smallest absolute Gasteiger partial charge is 0.122 e. The highest BCUT2D eigenvalue weighted by Gasteiger charge is 2.00. The molecule has 1 aromatic rings. The number of benzene rings is 1. The van der Waals surface area contributed by atoms with Crippen LogP contribution in [-0.2, 0) is 0 Å². The van der Waals surface area contributed by atoms with Crippen LogP contribution in [0, 0.1) is 6.92 Å². The summed E-state index contributed by atoms with van der Waals surface area (Å²) in [6.07, 6.45) is 0.953. The van der Waals surface area contributed by atoms with Crippen molar-refractivity contribution in [2.24, 2.45) is 0 Å². The summed E-state index contributed by atoms with van der Waals surface area (Å²) >= 11 is 6.81. The summed E-state index contributed by atoms with van der Waals surface area (Å²) in [6.45, 7) is 2.78. The molecule has 0 fully saturated rings. The Bertz CT molecular complexity index is 261. The average molecular weight is 308 g/mol. The largest absolute Gasteiger partial charge is 0.493 e. The number of para-hydroxylation sites is 1. The molecule has 0 aliphatic heterocycles. The second-order valence-electron chi connectivity index (χ2n) is 2.79. The summed E-state index contributed by atoms with van der Waals surface area (Å²) in [5.41, 5.74) is 1.18. The zero-order chi connectivity index (χ0) is 9.68. The number of hydrogen-bond donors (Lipinski definition) is 0. The van der Waals surface area contributed by atoms with Gasteiger partial charge < -0.3 is 4.74 Å². The van der Waals surface area contributed by atoms with E-state index >= 15 is 0 Å². The summed E-state index contributed by atoms with van der Waals surface area (Å²) in [5, 5.41) is 0. The van der Waals surface area contributed by atoms with E-state index in [0.717, 1.165) is 18.8 Å². The van der Waals surface area contributed by atoms with E-state index in [2.05, 4.69) is 44.8 Å². The van der Waals surface area contributed by atoms with Gasteiger partial charge in [0.25, 0.3) is 0 Å². The normalized spacial score (nSPS) is 10.5. The molecule has 0 aliphatic carbocycles. The molecular formula is C10H12Br2O. The molecule has 0 unspecified atom stereocenters. The molecule has 0 aliphatic rings. The van der Waals surface area contributed by atoms with Crippen LogP contribution >= 0.6 is 31.9 Å². The molecule has 1 nitrogen and oxygen atoms in total. The number of ether oxygens (including phenoxy) is 1. The fourth-order valence-corrected chi connectivity index (χ4v) is 1.35. The number of aryl methyl sites for hydroxylation is 1. The highest BCUT2D eigenvalue weighted by Crippen LogP contribution is 2.18. The lowest BCUT2D eigenvalue weighted by Crippen LogP contribution is -2.01. The molecule has 0 N–H and O–H groups in total.